The van der Waals surface area contributed by atoms with Crippen molar-refractivity contribution >= 4 is 23.2 Å². The molecule has 2 amide bonds. The summed E-state index contributed by atoms with van der Waals surface area (Å²) >= 11 is 1.04. The Kier molecular flexibility index (Phi) is 5.27. The number of hydrogen-bond donors (Lipinski definition) is 2. The Hall–Kier alpha value is -3.13. The number of carbonyl (C=O) groups is 2. The first-order valence-electron chi connectivity index (χ1n) is 8.37. The van der Waals surface area contributed by atoms with Gasteiger partial charge in [0.2, 0.25) is 0 Å². The van der Waals surface area contributed by atoms with E-state index in [1.54, 1.807) is 18.4 Å². The SMILES string of the molecule is Cc1cc(C(=O)NNC(=O)Cn2c(C)csc2=O)c(C)n1-c1ccccc1. The predicted octanol–water partition coefficient (Wildman–Crippen LogP) is 2.09. The topological polar surface area (TPSA) is 85.1 Å². The summed E-state index contributed by atoms with van der Waals surface area (Å²) in [6.07, 6.45) is 0. The molecule has 2 N–H and O–H groups in total. The number of hydrazine groups is 1. The van der Waals surface area contributed by atoms with Crippen molar-refractivity contribution in [3.05, 3.63) is 74.1 Å². The fourth-order valence-electron chi connectivity index (χ4n) is 2.94. The minimum Gasteiger partial charge on any atom is -0.318 e. The normalized spacial score (nSPS) is 10.6. The molecule has 0 bridgehead atoms. The molecule has 8 heteroatoms. The molecule has 0 aliphatic carbocycles. The summed E-state index contributed by atoms with van der Waals surface area (Å²) in [7, 11) is 0. The number of nitrogens with one attached hydrogen (secondary N) is 2. The maximum atomic E-state index is 12.5. The zero-order valence-corrected chi connectivity index (χ0v) is 16.1. The van der Waals surface area contributed by atoms with Crippen molar-refractivity contribution in [2.24, 2.45) is 0 Å². The van der Waals surface area contributed by atoms with Crippen LogP contribution < -0.4 is 15.7 Å². The Morgan fingerprint density at radius 1 is 1.04 bits per heavy atom. The lowest BCUT2D eigenvalue weighted by molar-refractivity contribution is -0.122. The Labute approximate surface area is 160 Å². The van der Waals surface area contributed by atoms with Crippen molar-refractivity contribution < 1.29 is 9.59 Å². The fraction of sp³-hybridized carbons (Fsp3) is 0.211. The van der Waals surface area contributed by atoms with Gasteiger partial charge in [0.25, 0.3) is 11.8 Å². The van der Waals surface area contributed by atoms with Crippen molar-refractivity contribution in [2.45, 2.75) is 27.3 Å². The third-order valence-corrected chi connectivity index (χ3v) is 5.16. The predicted molar refractivity (Wildman–Crippen MR) is 104 cm³/mol. The van der Waals surface area contributed by atoms with E-state index in [-0.39, 0.29) is 11.4 Å². The Balaban J connectivity index is 1.70. The quantitative estimate of drug-likeness (QED) is 0.676. The summed E-state index contributed by atoms with van der Waals surface area (Å²) in [6, 6.07) is 11.5. The molecule has 0 saturated heterocycles. The summed E-state index contributed by atoms with van der Waals surface area (Å²) in [5, 5.41) is 1.69. The van der Waals surface area contributed by atoms with E-state index in [4.69, 9.17) is 0 Å². The lowest BCUT2D eigenvalue weighted by Crippen LogP contribution is -2.44. The van der Waals surface area contributed by atoms with Crippen LogP contribution in [0.25, 0.3) is 5.69 Å². The largest absolute Gasteiger partial charge is 0.318 e. The number of rotatable bonds is 4. The number of thiazole rings is 1. The molecule has 0 spiro atoms. The second-order valence-electron chi connectivity index (χ2n) is 6.19. The highest BCUT2D eigenvalue weighted by Gasteiger charge is 2.17. The Bertz CT molecular complexity index is 1050. The summed E-state index contributed by atoms with van der Waals surface area (Å²) in [5.74, 6) is -0.878. The molecule has 27 heavy (non-hydrogen) atoms. The van der Waals surface area contributed by atoms with Gasteiger partial charge in [0.15, 0.2) is 0 Å². The van der Waals surface area contributed by atoms with Crippen LogP contribution in [0.15, 0.2) is 46.6 Å². The van der Waals surface area contributed by atoms with E-state index in [1.807, 2.05) is 48.7 Å². The van der Waals surface area contributed by atoms with E-state index in [0.29, 0.717) is 11.3 Å². The first kappa shape index (κ1) is 18.7. The summed E-state index contributed by atoms with van der Waals surface area (Å²) in [6.45, 7) is 5.38. The van der Waals surface area contributed by atoms with Crippen LogP contribution in [0.3, 0.4) is 0 Å². The maximum Gasteiger partial charge on any atom is 0.307 e. The highest BCUT2D eigenvalue weighted by atomic mass is 32.1. The van der Waals surface area contributed by atoms with Gasteiger partial charge in [0.1, 0.15) is 6.54 Å². The highest BCUT2D eigenvalue weighted by molar-refractivity contribution is 7.07. The monoisotopic (exact) mass is 384 g/mol. The molecule has 140 valence electrons. The van der Waals surface area contributed by atoms with Crippen molar-refractivity contribution in [3.8, 4) is 5.69 Å². The van der Waals surface area contributed by atoms with Gasteiger partial charge in [-0.1, -0.05) is 29.5 Å². The summed E-state index contributed by atoms with van der Waals surface area (Å²) in [4.78, 5) is 36.0. The molecule has 7 nitrogen and oxygen atoms in total. The van der Waals surface area contributed by atoms with Gasteiger partial charge in [0, 0.05) is 28.1 Å². The summed E-state index contributed by atoms with van der Waals surface area (Å²) < 4.78 is 3.33. The Morgan fingerprint density at radius 2 is 1.74 bits per heavy atom. The lowest BCUT2D eigenvalue weighted by Gasteiger charge is -2.10. The van der Waals surface area contributed by atoms with Crippen LogP contribution in [-0.4, -0.2) is 20.9 Å². The van der Waals surface area contributed by atoms with Crippen LogP contribution in [0.2, 0.25) is 0 Å². The number of aryl methyl sites for hydroxylation is 2. The van der Waals surface area contributed by atoms with Crippen molar-refractivity contribution in [2.75, 3.05) is 0 Å². The van der Waals surface area contributed by atoms with E-state index in [1.165, 1.54) is 4.57 Å². The number of benzene rings is 1. The van der Waals surface area contributed by atoms with E-state index < -0.39 is 11.8 Å². The van der Waals surface area contributed by atoms with Gasteiger partial charge in [0.05, 0.1) is 5.56 Å². The zero-order valence-electron chi connectivity index (χ0n) is 15.3. The highest BCUT2D eigenvalue weighted by Crippen LogP contribution is 2.20. The second kappa shape index (κ2) is 7.63. The lowest BCUT2D eigenvalue weighted by atomic mass is 10.2. The second-order valence-corrected chi connectivity index (χ2v) is 7.01. The van der Waals surface area contributed by atoms with Crippen molar-refractivity contribution in [3.63, 3.8) is 0 Å². The molecule has 2 aromatic heterocycles. The van der Waals surface area contributed by atoms with Crippen LogP contribution in [0, 0.1) is 20.8 Å². The van der Waals surface area contributed by atoms with Gasteiger partial charge < -0.3 is 4.57 Å². The van der Waals surface area contributed by atoms with Crippen molar-refractivity contribution in [1.82, 2.24) is 20.0 Å². The molecule has 0 aliphatic rings. The number of aromatic nitrogens is 2. The number of amides is 2. The number of nitrogens with zero attached hydrogens (tertiary/aromatic N) is 2. The third kappa shape index (κ3) is 3.85. The van der Waals surface area contributed by atoms with Crippen LogP contribution in [0.1, 0.15) is 27.4 Å². The molecule has 0 radical (unpaired) electrons. The molecular formula is C19H20N4O3S. The van der Waals surface area contributed by atoms with Gasteiger partial charge in [-0.05, 0) is 39.0 Å². The molecule has 0 fully saturated rings. The van der Waals surface area contributed by atoms with E-state index >= 15 is 0 Å². The molecular weight excluding hydrogens is 364 g/mol. The molecule has 3 rings (SSSR count). The average Bonchev–Trinajstić information content (AvgIpc) is 3.13. The number of hydrogen-bond acceptors (Lipinski definition) is 4. The third-order valence-electron chi connectivity index (χ3n) is 4.28. The fourth-order valence-corrected chi connectivity index (χ4v) is 3.67. The summed E-state index contributed by atoms with van der Waals surface area (Å²) in [5.41, 5.74) is 8.61. The smallest absolute Gasteiger partial charge is 0.307 e. The van der Waals surface area contributed by atoms with Gasteiger partial charge in [-0.15, -0.1) is 0 Å². The molecule has 3 aromatic rings. The van der Waals surface area contributed by atoms with Crippen LogP contribution in [0.4, 0.5) is 0 Å². The molecule has 1 aromatic carbocycles. The van der Waals surface area contributed by atoms with Crippen LogP contribution >= 0.6 is 11.3 Å². The number of carbonyl (C=O) groups excluding carboxylic acids is 2. The molecule has 0 unspecified atom stereocenters. The minimum atomic E-state index is -0.469. The maximum absolute atomic E-state index is 12.5. The van der Waals surface area contributed by atoms with E-state index in [0.717, 1.165) is 28.4 Å². The van der Waals surface area contributed by atoms with Crippen molar-refractivity contribution in [1.29, 1.82) is 0 Å². The van der Waals surface area contributed by atoms with Crippen LogP contribution in [-0.2, 0) is 11.3 Å². The van der Waals surface area contributed by atoms with Gasteiger partial charge in [-0.25, -0.2) is 0 Å². The standard InChI is InChI=1S/C19H20N4O3S/c1-12-9-16(14(3)23(12)15-7-5-4-6-8-15)18(25)21-20-17(24)10-22-13(2)11-27-19(22)26/h4-9,11H,10H2,1-3H3,(H,20,24)(H,21,25). The minimum absolute atomic E-state index is 0.141. The first-order chi connectivity index (χ1) is 12.9. The van der Waals surface area contributed by atoms with E-state index in [2.05, 4.69) is 10.9 Å². The van der Waals surface area contributed by atoms with Gasteiger partial charge in [-0.3, -0.25) is 29.8 Å². The molecule has 0 aliphatic heterocycles. The Morgan fingerprint density at radius 3 is 2.37 bits per heavy atom. The number of para-hydroxylation sites is 1. The average molecular weight is 384 g/mol. The van der Waals surface area contributed by atoms with E-state index in [9.17, 15) is 14.4 Å². The molecule has 2 heterocycles. The molecule has 0 atom stereocenters. The molecule has 0 saturated carbocycles. The zero-order chi connectivity index (χ0) is 19.6. The first-order valence-corrected chi connectivity index (χ1v) is 9.25. The van der Waals surface area contributed by atoms with Gasteiger partial charge in [-0.2, -0.15) is 0 Å². The van der Waals surface area contributed by atoms with Crippen LogP contribution in [0.5, 0.6) is 0 Å². The van der Waals surface area contributed by atoms with Gasteiger partial charge >= 0.3 is 4.87 Å².